The summed E-state index contributed by atoms with van der Waals surface area (Å²) in [6.07, 6.45) is 3.86. The number of benzene rings is 5. The van der Waals surface area contributed by atoms with Gasteiger partial charge in [-0.25, -0.2) is 9.97 Å². The number of aromatic hydroxyl groups is 1. The first kappa shape index (κ1) is 34.9. The molecule has 0 fully saturated rings. The van der Waals surface area contributed by atoms with Crippen LogP contribution in [0.4, 0.5) is 0 Å². The number of pyridine rings is 2. The second-order valence-corrected chi connectivity index (χ2v) is 21.1. The molecule has 0 amide bonds. The maximum Gasteiger partial charge on any atom is 0.222 e. The Bertz CT molecular complexity index is 2620. The molecule has 266 valence electrons. The van der Waals surface area contributed by atoms with Crippen LogP contribution in [0.15, 0.2) is 152 Å². The van der Waals surface area contributed by atoms with Gasteiger partial charge in [0.1, 0.15) is 0 Å². The Morgan fingerprint density at radius 2 is 1.19 bits per heavy atom. The quantitative estimate of drug-likeness (QED) is 0.167. The van der Waals surface area contributed by atoms with Crippen molar-refractivity contribution in [3.63, 3.8) is 0 Å². The van der Waals surface area contributed by atoms with Gasteiger partial charge in [0.25, 0.3) is 0 Å². The summed E-state index contributed by atoms with van der Waals surface area (Å²) in [5.41, 5.74) is 12.8. The van der Waals surface area contributed by atoms with Crippen molar-refractivity contribution in [1.82, 2.24) is 19.5 Å². The fourth-order valence-corrected chi connectivity index (χ4v) is 8.66. The molecular weight excluding hydrogens is 677 g/mol. The van der Waals surface area contributed by atoms with Crippen molar-refractivity contribution in [2.24, 2.45) is 0 Å². The van der Waals surface area contributed by atoms with Gasteiger partial charge in [0.2, 0.25) is 5.88 Å². The molecular formula is C48H44N4OSi. The van der Waals surface area contributed by atoms with Gasteiger partial charge in [-0.1, -0.05) is 131 Å². The van der Waals surface area contributed by atoms with E-state index >= 15 is 0 Å². The van der Waals surface area contributed by atoms with Crippen molar-refractivity contribution in [2.75, 3.05) is 0 Å². The minimum atomic E-state index is -1.72. The maximum absolute atomic E-state index is 11.3. The van der Waals surface area contributed by atoms with Crippen LogP contribution in [0.5, 0.6) is 5.88 Å². The molecule has 0 radical (unpaired) electrons. The molecule has 1 N–H and O–H groups in total. The van der Waals surface area contributed by atoms with Gasteiger partial charge >= 0.3 is 0 Å². The van der Waals surface area contributed by atoms with E-state index in [2.05, 4.69) is 171 Å². The lowest BCUT2D eigenvalue weighted by Gasteiger charge is -2.22. The van der Waals surface area contributed by atoms with Gasteiger partial charge in [0, 0.05) is 29.2 Å². The Labute approximate surface area is 318 Å². The van der Waals surface area contributed by atoms with Crippen LogP contribution in [-0.4, -0.2) is 32.7 Å². The first-order valence-electron chi connectivity index (χ1n) is 18.5. The normalized spacial score (nSPS) is 12.0. The monoisotopic (exact) mass is 720 g/mol. The second kappa shape index (κ2) is 13.7. The zero-order valence-corrected chi connectivity index (χ0v) is 32.7. The number of hydrogen-bond donors (Lipinski definition) is 1. The molecule has 54 heavy (non-hydrogen) atoms. The summed E-state index contributed by atoms with van der Waals surface area (Å²) in [6.45, 7) is 13.6. The molecule has 0 saturated carbocycles. The van der Waals surface area contributed by atoms with Crippen LogP contribution in [0.1, 0.15) is 26.3 Å². The predicted octanol–water partition coefficient (Wildman–Crippen LogP) is 11.7. The molecule has 3 heterocycles. The molecule has 3 aromatic heterocycles. The summed E-state index contributed by atoms with van der Waals surface area (Å²) < 4.78 is 2.13. The van der Waals surface area contributed by atoms with Gasteiger partial charge in [-0.2, -0.15) is 0 Å². The molecule has 0 spiro atoms. The lowest BCUT2D eigenvalue weighted by Crippen LogP contribution is -2.39. The van der Waals surface area contributed by atoms with Gasteiger partial charge in [0.05, 0.1) is 30.4 Å². The van der Waals surface area contributed by atoms with E-state index in [1.165, 1.54) is 16.3 Å². The smallest absolute Gasteiger partial charge is 0.222 e. The summed E-state index contributed by atoms with van der Waals surface area (Å²) in [5.74, 6) is 0.586. The number of aromatic nitrogens is 4. The standard InChI is InChI=1S/C48H44N4OSi/c1-48(2,3)37-28-41(47(53)50-30-37)46-51-45-39(23-16-24-43(45)52(46)38-21-14-9-15-22-38)35-25-34(32-17-10-7-11-18-32)26-36(27-35)42-29-40(33-19-12-8-13-20-33)44(31-49-42)54(4,5)6/h7-31H,1-6H3,(H,50,53). The van der Waals surface area contributed by atoms with Crippen LogP contribution < -0.4 is 5.19 Å². The molecule has 6 heteroatoms. The zero-order valence-electron chi connectivity index (χ0n) is 31.7. The SMILES string of the molecule is CC(C)(C)c1cnc(O)c(-c2nc3c(-c4cc(-c5ccccc5)cc(-c5cc(-c6ccccc6)c([Si](C)(C)C)cn5)c4)cccc3n2-c2ccccc2)c1. The van der Waals surface area contributed by atoms with Crippen LogP contribution in [0.3, 0.4) is 0 Å². The third-order valence-corrected chi connectivity index (χ3v) is 12.1. The van der Waals surface area contributed by atoms with Gasteiger partial charge in [0.15, 0.2) is 5.82 Å². The fourth-order valence-electron chi connectivity index (χ4n) is 7.18. The van der Waals surface area contributed by atoms with Crippen molar-refractivity contribution < 1.29 is 5.11 Å². The number of rotatable bonds is 7. The third-order valence-electron chi connectivity index (χ3n) is 10.1. The van der Waals surface area contributed by atoms with Crippen LogP contribution in [0, 0.1) is 0 Å². The molecule has 0 unspecified atom stereocenters. The number of hydrogen-bond acceptors (Lipinski definition) is 4. The van der Waals surface area contributed by atoms with E-state index in [4.69, 9.17) is 9.97 Å². The highest BCUT2D eigenvalue weighted by Gasteiger charge is 2.25. The second-order valence-electron chi connectivity index (χ2n) is 16.0. The molecule has 8 aromatic rings. The molecule has 0 aliphatic heterocycles. The van der Waals surface area contributed by atoms with Crippen molar-refractivity contribution in [3.05, 3.63) is 157 Å². The Morgan fingerprint density at radius 1 is 0.556 bits per heavy atom. The lowest BCUT2D eigenvalue weighted by atomic mass is 9.87. The van der Waals surface area contributed by atoms with E-state index in [-0.39, 0.29) is 11.3 Å². The Morgan fingerprint density at radius 3 is 1.85 bits per heavy atom. The molecule has 0 aliphatic rings. The number of para-hydroxylation sites is 2. The molecule has 5 aromatic carbocycles. The van der Waals surface area contributed by atoms with Crippen LogP contribution in [0.25, 0.3) is 72.7 Å². The van der Waals surface area contributed by atoms with E-state index in [0.29, 0.717) is 11.4 Å². The fraction of sp³-hybridized carbons (Fsp3) is 0.146. The van der Waals surface area contributed by atoms with Crippen molar-refractivity contribution in [1.29, 1.82) is 0 Å². The number of imidazole rings is 1. The molecule has 8 rings (SSSR count). The maximum atomic E-state index is 11.3. The van der Waals surface area contributed by atoms with E-state index < -0.39 is 8.07 Å². The largest absolute Gasteiger partial charge is 0.493 e. The average Bonchev–Trinajstić information content (AvgIpc) is 3.57. The van der Waals surface area contributed by atoms with Crippen molar-refractivity contribution in [3.8, 4) is 67.6 Å². The summed E-state index contributed by atoms with van der Waals surface area (Å²) in [4.78, 5) is 15.0. The van der Waals surface area contributed by atoms with Gasteiger partial charge < -0.3 is 5.11 Å². The summed E-state index contributed by atoms with van der Waals surface area (Å²) >= 11 is 0. The highest BCUT2D eigenvalue weighted by atomic mass is 28.3. The first-order chi connectivity index (χ1) is 26.0. The van der Waals surface area contributed by atoms with Gasteiger partial charge in [-0.15, -0.1) is 0 Å². The molecule has 0 aliphatic carbocycles. The van der Waals surface area contributed by atoms with Gasteiger partial charge in [-0.3, -0.25) is 9.55 Å². The van der Waals surface area contributed by atoms with Crippen molar-refractivity contribution >= 4 is 24.3 Å². The summed E-state index contributed by atoms with van der Waals surface area (Å²) in [5, 5.41) is 12.6. The topological polar surface area (TPSA) is 63.8 Å². The van der Waals surface area contributed by atoms with E-state index in [1.54, 1.807) is 6.20 Å². The van der Waals surface area contributed by atoms with Crippen LogP contribution in [-0.2, 0) is 5.41 Å². The molecule has 5 nitrogen and oxygen atoms in total. The minimum Gasteiger partial charge on any atom is -0.493 e. The minimum absolute atomic E-state index is 0.0486. The highest BCUT2D eigenvalue weighted by Crippen LogP contribution is 2.40. The molecule has 0 atom stereocenters. The zero-order chi connectivity index (χ0) is 37.6. The average molecular weight is 721 g/mol. The number of fused-ring (bicyclic) bond motifs is 1. The third kappa shape index (κ3) is 6.65. The van der Waals surface area contributed by atoms with E-state index in [9.17, 15) is 5.11 Å². The summed E-state index contributed by atoms with van der Waals surface area (Å²) in [6, 6.07) is 48.8. The molecule has 0 bridgehead atoms. The molecule has 0 saturated heterocycles. The van der Waals surface area contributed by atoms with Crippen molar-refractivity contribution in [2.45, 2.75) is 45.8 Å². The van der Waals surface area contributed by atoms with Gasteiger partial charge in [-0.05, 0) is 92.5 Å². The highest BCUT2D eigenvalue weighted by molar-refractivity contribution is 6.89. The van der Waals surface area contributed by atoms with Crippen LogP contribution >= 0.6 is 0 Å². The Hall–Kier alpha value is -6.11. The van der Waals surface area contributed by atoms with E-state index in [1.807, 2.05) is 24.3 Å². The Kier molecular flexibility index (Phi) is 8.87. The summed E-state index contributed by atoms with van der Waals surface area (Å²) in [7, 11) is -1.72. The lowest BCUT2D eigenvalue weighted by molar-refractivity contribution is 0.453. The Balaban J connectivity index is 1.39. The predicted molar refractivity (Wildman–Crippen MR) is 227 cm³/mol. The van der Waals surface area contributed by atoms with Crippen LogP contribution in [0.2, 0.25) is 19.6 Å². The number of nitrogens with zero attached hydrogens (tertiary/aromatic N) is 4. The first-order valence-corrected chi connectivity index (χ1v) is 22.0. The van der Waals surface area contributed by atoms with E-state index in [0.717, 1.165) is 55.8 Å².